The minimum absolute atomic E-state index is 0.677. The van der Waals surface area contributed by atoms with E-state index in [1.807, 2.05) is 37.3 Å². The van der Waals surface area contributed by atoms with E-state index in [1.165, 1.54) is 0 Å². The maximum atomic E-state index is 4.65. The van der Waals surface area contributed by atoms with E-state index in [0.29, 0.717) is 5.82 Å². The highest BCUT2D eigenvalue weighted by molar-refractivity contribution is 5.55. The summed E-state index contributed by atoms with van der Waals surface area (Å²) >= 11 is 0. The summed E-state index contributed by atoms with van der Waals surface area (Å²) < 4.78 is 0. The molecule has 0 atom stereocenters. The summed E-state index contributed by atoms with van der Waals surface area (Å²) in [6.45, 7) is 6.90. The maximum absolute atomic E-state index is 4.65. The quantitative estimate of drug-likeness (QED) is 0.812. The highest BCUT2D eigenvalue weighted by atomic mass is 15.6. The Morgan fingerprint density at radius 2 is 1.95 bits per heavy atom. The monoisotopic (exact) mass is 295 g/mol. The van der Waals surface area contributed by atoms with Crippen LogP contribution in [-0.4, -0.2) is 39.8 Å². The number of aryl methyl sites for hydroxylation is 1. The van der Waals surface area contributed by atoms with Crippen molar-refractivity contribution in [1.29, 1.82) is 0 Å². The van der Waals surface area contributed by atoms with Crippen LogP contribution < -0.4 is 5.01 Å². The van der Waals surface area contributed by atoms with Gasteiger partial charge in [-0.05, 0) is 20.3 Å². The lowest BCUT2D eigenvalue weighted by molar-refractivity contribution is 0.271. The summed E-state index contributed by atoms with van der Waals surface area (Å²) in [5.41, 5.74) is 1.90. The Kier molecular flexibility index (Phi) is 4.44. The predicted molar refractivity (Wildman–Crippen MR) is 88.4 cm³/mol. The summed E-state index contributed by atoms with van der Waals surface area (Å²) in [4.78, 5) is 4.65. The fourth-order valence-electron chi connectivity index (χ4n) is 2.68. The molecule has 0 aliphatic carbocycles. The van der Waals surface area contributed by atoms with Crippen LogP contribution in [0.2, 0.25) is 0 Å². The number of hydrazine groups is 1. The molecule has 0 saturated carbocycles. The van der Waals surface area contributed by atoms with Gasteiger partial charge in [-0.3, -0.25) is 5.01 Å². The van der Waals surface area contributed by atoms with E-state index in [9.17, 15) is 0 Å². The van der Waals surface area contributed by atoms with Crippen LogP contribution in [0.15, 0.2) is 42.5 Å². The van der Waals surface area contributed by atoms with Crippen LogP contribution in [0.3, 0.4) is 0 Å². The van der Waals surface area contributed by atoms with Crippen LogP contribution in [0.5, 0.6) is 0 Å². The zero-order valence-electron chi connectivity index (χ0n) is 13.1. The van der Waals surface area contributed by atoms with Gasteiger partial charge in [0, 0.05) is 25.2 Å². The van der Waals surface area contributed by atoms with Gasteiger partial charge in [0.2, 0.25) is 0 Å². The minimum Gasteiger partial charge on any atom is -0.286 e. The standard InChI is InChI=1S/C17H21N5/c1-3-22(21-12-8-5-9-13-21)17-14(2)18-16(19-20-17)15-10-6-4-7-11-15/h4-8,10-11H,3,9,12-13H2,1-2H3. The normalized spacial score (nSPS) is 15.0. The van der Waals surface area contributed by atoms with Crippen LogP contribution in [0.25, 0.3) is 11.4 Å². The molecule has 1 aliphatic rings. The van der Waals surface area contributed by atoms with Gasteiger partial charge >= 0.3 is 0 Å². The third-order valence-corrected chi connectivity index (χ3v) is 3.79. The van der Waals surface area contributed by atoms with Gasteiger partial charge in [0.25, 0.3) is 0 Å². The van der Waals surface area contributed by atoms with E-state index >= 15 is 0 Å². The predicted octanol–water partition coefficient (Wildman–Crippen LogP) is 2.85. The highest BCUT2D eigenvalue weighted by Crippen LogP contribution is 2.21. The average molecular weight is 295 g/mol. The van der Waals surface area contributed by atoms with Gasteiger partial charge in [-0.25, -0.2) is 9.99 Å². The molecule has 0 fully saturated rings. The topological polar surface area (TPSA) is 45.2 Å². The number of hydrogen-bond donors (Lipinski definition) is 0. The second-order valence-corrected chi connectivity index (χ2v) is 5.30. The summed E-state index contributed by atoms with van der Waals surface area (Å²) in [6, 6.07) is 9.97. The molecule has 3 rings (SSSR count). The molecule has 0 saturated heterocycles. The molecule has 5 nitrogen and oxygen atoms in total. The molecule has 2 heterocycles. The van der Waals surface area contributed by atoms with E-state index in [1.54, 1.807) is 0 Å². The Balaban J connectivity index is 1.89. The van der Waals surface area contributed by atoms with E-state index in [0.717, 1.165) is 43.1 Å². The molecule has 0 spiro atoms. The smallest absolute Gasteiger partial charge is 0.187 e. The third kappa shape index (κ3) is 2.99. The molecule has 114 valence electrons. The first-order valence-corrected chi connectivity index (χ1v) is 7.73. The fourth-order valence-corrected chi connectivity index (χ4v) is 2.68. The molecule has 1 aromatic carbocycles. The van der Waals surface area contributed by atoms with E-state index in [-0.39, 0.29) is 0 Å². The average Bonchev–Trinajstić information content (AvgIpc) is 2.59. The molecule has 5 heteroatoms. The third-order valence-electron chi connectivity index (χ3n) is 3.79. The number of nitrogens with zero attached hydrogens (tertiary/aromatic N) is 5. The molecule has 1 aromatic heterocycles. The number of rotatable bonds is 4. The number of benzene rings is 1. The highest BCUT2D eigenvalue weighted by Gasteiger charge is 2.19. The zero-order valence-corrected chi connectivity index (χ0v) is 13.1. The molecular weight excluding hydrogens is 274 g/mol. The van der Waals surface area contributed by atoms with Gasteiger partial charge in [0.05, 0.1) is 5.69 Å². The zero-order chi connectivity index (χ0) is 15.4. The SMILES string of the molecule is CCN(c1nnc(-c2ccccc2)nc1C)N1CC=CCC1. The van der Waals surface area contributed by atoms with E-state index in [2.05, 4.69) is 44.3 Å². The lowest BCUT2D eigenvalue weighted by Gasteiger charge is -2.35. The van der Waals surface area contributed by atoms with Crippen LogP contribution in [0.4, 0.5) is 5.82 Å². The van der Waals surface area contributed by atoms with Crippen molar-refractivity contribution in [2.75, 3.05) is 24.6 Å². The van der Waals surface area contributed by atoms with E-state index < -0.39 is 0 Å². The minimum atomic E-state index is 0.677. The van der Waals surface area contributed by atoms with Crippen molar-refractivity contribution in [2.45, 2.75) is 20.3 Å². The summed E-state index contributed by atoms with van der Waals surface area (Å²) in [5, 5.41) is 13.2. The molecule has 1 aliphatic heterocycles. The van der Waals surface area contributed by atoms with Crippen molar-refractivity contribution in [2.24, 2.45) is 0 Å². The number of anilines is 1. The fraction of sp³-hybridized carbons (Fsp3) is 0.353. The molecule has 2 aromatic rings. The number of aromatic nitrogens is 3. The van der Waals surface area contributed by atoms with Crippen molar-refractivity contribution >= 4 is 5.82 Å². The molecule has 0 unspecified atom stereocenters. The second kappa shape index (κ2) is 6.66. The molecule has 0 amide bonds. The lowest BCUT2D eigenvalue weighted by atomic mass is 10.2. The first-order valence-electron chi connectivity index (χ1n) is 7.73. The molecule has 0 bridgehead atoms. The van der Waals surface area contributed by atoms with Crippen molar-refractivity contribution < 1.29 is 0 Å². The summed E-state index contributed by atoms with van der Waals surface area (Å²) in [7, 11) is 0. The van der Waals surface area contributed by atoms with Gasteiger partial charge in [-0.1, -0.05) is 42.5 Å². The van der Waals surface area contributed by atoms with Crippen molar-refractivity contribution in [3.8, 4) is 11.4 Å². The Morgan fingerprint density at radius 1 is 1.14 bits per heavy atom. The van der Waals surface area contributed by atoms with Gasteiger partial charge in [0.15, 0.2) is 11.6 Å². The van der Waals surface area contributed by atoms with Gasteiger partial charge in [-0.2, -0.15) is 0 Å². The van der Waals surface area contributed by atoms with Crippen LogP contribution in [-0.2, 0) is 0 Å². The van der Waals surface area contributed by atoms with Crippen molar-refractivity contribution in [3.63, 3.8) is 0 Å². The Hall–Kier alpha value is -2.27. The molecule has 0 radical (unpaired) electrons. The molecular formula is C17H21N5. The first-order chi connectivity index (χ1) is 10.8. The first kappa shape index (κ1) is 14.7. The van der Waals surface area contributed by atoms with E-state index in [4.69, 9.17) is 0 Å². The lowest BCUT2D eigenvalue weighted by Crippen LogP contribution is -2.45. The van der Waals surface area contributed by atoms with Crippen LogP contribution in [0, 0.1) is 6.92 Å². The van der Waals surface area contributed by atoms with Crippen LogP contribution >= 0.6 is 0 Å². The maximum Gasteiger partial charge on any atom is 0.187 e. The number of hydrogen-bond acceptors (Lipinski definition) is 5. The second-order valence-electron chi connectivity index (χ2n) is 5.30. The Bertz CT molecular complexity index is 653. The summed E-state index contributed by atoms with van der Waals surface area (Å²) in [5.74, 6) is 1.52. The van der Waals surface area contributed by atoms with Crippen molar-refractivity contribution in [3.05, 3.63) is 48.2 Å². The largest absolute Gasteiger partial charge is 0.286 e. The van der Waals surface area contributed by atoms with Gasteiger partial charge in [-0.15, -0.1) is 10.2 Å². The summed E-state index contributed by atoms with van der Waals surface area (Å²) in [6.07, 6.45) is 5.48. The van der Waals surface area contributed by atoms with Crippen molar-refractivity contribution in [1.82, 2.24) is 20.2 Å². The molecule has 0 N–H and O–H groups in total. The van der Waals surface area contributed by atoms with Crippen LogP contribution in [0.1, 0.15) is 19.0 Å². The Morgan fingerprint density at radius 3 is 2.59 bits per heavy atom. The molecule has 22 heavy (non-hydrogen) atoms. The van der Waals surface area contributed by atoms with Gasteiger partial charge < -0.3 is 0 Å². The van der Waals surface area contributed by atoms with Gasteiger partial charge in [0.1, 0.15) is 0 Å². The Labute approximate surface area is 131 Å².